The van der Waals surface area contributed by atoms with Crippen LogP contribution in [0, 0.1) is 6.92 Å². The fraction of sp³-hybridized carbons (Fsp3) is 0.0526. The topological polar surface area (TPSA) is 103 Å². The number of nitrogens with two attached hydrogens (primary N) is 2. The second kappa shape index (κ2) is 6.93. The molecule has 26 heavy (non-hydrogen) atoms. The molecule has 0 saturated carbocycles. The Hall–Kier alpha value is -2.64. The average molecular weight is 386 g/mol. The molecule has 0 fully saturated rings. The van der Waals surface area contributed by atoms with E-state index in [1.165, 1.54) is 18.2 Å². The van der Waals surface area contributed by atoms with E-state index >= 15 is 0 Å². The minimum absolute atomic E-state index is 0.0174. The lowest BCUT2D eigenvalue weighted by molar-refractivity contribution is 0.596. The first-order valence-corrected chi connectivity index (χ1v) is 10.4. The summed E-state index contributed by atoms with van der Waals surface area (Å²) >= 11 is 0. The maximum atomic E-state index is 12.9. The molecule has 134 valence electrons. The second-order valence-electron chi connectivity index (χ2n) is 5.73. The molecule has 3 aromatic carbocycles. The summed E-state index contributed by atoms with van der Waals surface area (Å²) in [6.07, 6.45) is 0. The van der Waals surface area contributed by atoms with Gasteiger partial charge in [0, 0.05) is 4.90 Å². The molecule has 5 nitrogen and oxygen atoms in total. The van der Waals surface area contributed by atoms with Crippen LogP contribution < -0.4 is 11.5 Å². The zero-order chi connectivity index (χ0) is 18.9. The van der Waals surface area contributed by atoms with Crippen LogP contribution >= 0.6 is 0 Å². The van der Waals surface area contributed by atoms with Crippen LogP contribution in [0.5, 0.6) is 0 Å². The van der Waals surface area contributed by atoms with Gasteiger partial charge in [0.05, 0.1) is 32.0 Å². The molecule has 3 rings (SSSR count). The van der Waals surface area contributed by atoms with Gasteiger partial charge in [0.1, 0.15) is 4.90 Å². The highest BCUT2D eigenvalue weighted by Crippen LogP contribution is 2.37. The fourth-order valence-electron chi connectivity index (χ4n) is 2.65. The SMILES string of the molecule is Cc1c(S(=O)c2ccccc2)cc(N)c(S(=O)(=O)c2ccccc2)c1N. The van der Waals surface area contributed by atoms with Gasteiger partial charge in [-0.25, -0.2) is 12.6 Å². The summed E-state index contributed by atoms with van der Waals surface area (Å²) in [5, 5.41) is 0. The van der Waals surface area contributed by atoms with Gasteiger partial charge in [0.25, 0.3) is 0 Å². The third-order valence-electron chi connectivity index (χ3n) is 4.05. The number of benzene rings is 3. The second-order valence-corrected chi connectivity index (χ2v) is 9.07. The molecule has 4 N–H and O–H groups in total. The number of sulfone groups is 1. The van der Waals surface area contributed by atoms with Crippen molar-refractivity contribution in [2.45, 2.75) is 26.5 Å². The molecule has 0 aliphatic carbocycles. The molecule has 1 unspecified atom stereocenters. The monoisotopic (exact) mass is 386 g/mol. The van der Waals surface area contributed by atoms with Crippen molar-refractivity contribution in [1.29, 1.82) is 0 Å². The Morgan fingerprint density at radius 2 is 1.42 bits per heavy atom. The summed E-state index contributed by atoms with van der Waals surface area (Å²) < 4.78 is 38.7. The first-order chi connectivity index (χ1) is 12.3. The van der Waals surface area contributed by atoms with E-state index in [-0.39, 0.29) is 21.2 Å². The summed E-state index contributed by atoms with van der Waals surface area (Å²) in [5.74, 6) is 0. The fourth-order valence-corrected chi connectivity index (χ4v) is 5.50. The summed E-state index contributed by atoms with van der Waals surface area (Å²) in [6.45, 7) is 1.65. The molecule has 0 saturated heterocycles. The van der Waals surface area contributed by atoms with E-state index in [4.69, 9.17) is 11.5 Å². The van der Waals surface area contributed by atoms with Crippen molar-refractivity contribution in [2.24, 2.45) is 0 Å². The van der Waals surface area contributed by atoms with Crippen molar-refractivity contribution in [3.05, 3.63) is 72.3 Å². The predicted molar refractivity (Wildman–Crippen MR) is 103 cm³/mol. The molecule has 0 radical (unpaired) electrons. The van der Waals surface area contributed by atoms with E-state index in [0.29, 0.717) is 15.4 Å². The van der Waals surface area contributed by atoms with E-state index in [1.54, 1.807) is 49.4 Å². The normalized spacial score (nSPS) is 12.7. The molecule has 3 aromatic rings. The van der Waals surface area contributed by atoms with Crippen LogP contribution in [0.25, 0.3) is 0 Å². The Kier molecular flexibility index (Phi) is 4.84. The minimum atomic E-state index is -3.88. The van der Waals surface area contributed by atoms with Crippen molar-refractivity contribution in [3.8, 4) is 0 Å². The molecular formula is C19H18N2O3S2. The lowest BCUT2D eigenvalue weighted by atomic mass is 10.2. The smallest absolute Gasteiger partial charge is 0.210 e. The van der Waals surface area contributed by atoms with Gasteiger partial charge >= 0.3 is 0 Å². The van der Waals surface area contributed by atoms with Gasteiger partial charge in [-0.05, 0) is 42.8 Å². The maximum absolute atomic E-state index is 12.9. The standard InChI is InChI=1S/C19H18N2O3S2/c1-13-17(25(22)14-8-4-2-5-9-14)12-16(20)19(18(13)21)26(23,24)15-10-6-3-7-11-15/h2-12H,20-21H2,1H3. The van der Waals surface area contributed by atoms with Crippen LogP contribution in [0.15, 0.2) is 86.3 Å². The van der Waals surface area contributed by atoms with Crippen LogP contribution in [-0.2, 0) is 20.6 Å². The van der Waals surface area contributed by atoms with Gasteiger partial charge in [0.2, 0.25) is 9.84 Å². The van der Waals surface area contributed by atoms with Crippen LogP contribution in [0.2, 0.25) is 0 Å². The van der Waals surface area contributed by atoms with E-state index in [0.717, 1.165) is 0 Å². The molecule has 0 aromatic heterocycles. The van der Waals surface area contributed by atoms with Gasteiger partial charge in [0.15, 0.2) is 0 Å². The molecule has 0 spiro atoms. The number of hydrogen-bond donors (Lipinski definition) is 2. The van der Waals surface area contributed by atoms with Gasteiger partial charge in [-0.1, -0.05) is 36.4 Å². The van der Waals surface area contributed by atoms with Crippen molar-refractivity contribution in [2.75, 3.05) is 11.5 Å². The summed E-state index contributed by atoms with van der Waals surface area (Å²) in [5.41, 5.74) is 12.6. The number of rotatable bonds is 4. The maximum Gasteiger partial charge on any atom is 0.210 e. The van der Waals surface area contributed by atoms with Crippen molar-refractivity contribution in [1.82, 2.24) is 0 Å². The first-order valence-electron chi connectivity index (χ1n) is 7.79. The molecule has 0 amide bonds. The molecule has 7 heteroatoms. The molecule has 0 bridgehead atoms. The highest BCUT2D eigenvalue weighted by molar-refractivity contribution is 7.91. The van der Waals surface area contributed by atoms with Crippen LogP contribution in [-0.4, -0.2) is 12.6 Å². The van der Waals surface area contributed by atoms with Crippen molar-refractivity contribution in [3.63, 3.8) is 0 Å². The van der Waals surface area contributed by atoms with Crippen LogP contribution in [0.3, 0.4) is 0 Å². The summed E-state index contributed by atoms with van der Waals surface area (Å²) in [6, 6.07) is 18.2. The first kappa shape index (κ1) is 18.2. The van der Waals surface area contributed by atoms with E-state index in [2.05, 4.69) is 0 Å². The Morgan fingerprint density at radius 1 is 0.885 bits per heavy atom. The van der Waals surface area contributed by atoms with Crippen molar-refractivity contribution >= 4 is 32.0 Å². The summed E-state index contributed by atoms with van der Waals surface area (Å²) in [7, 11) is -5.39. The number of hydrogen-bond acceptors (Lipinski definition) is 5. The quantitative estimate of drug-likeness (QED) is 0.671. The van der Waals surface area contributed by atoms with Crippen LogP contribution in [0.1, 0.15) is 5.56 Å². The zero-order valence-corrected chi connectivity index (χ0v) is 15.7. The molecule has 1 atom stereocenters. The Morgan fingerprint density at radius 3 is 2.00 bits per heavy atom. The highest BCUT2D eigenvalue weighted by Gasteiger charge is 2.27. The molecule has 0 aliphatic rings. The lowest BCUT2D eigenvalue weighted by Crippen LogP contribution is -2.12. The third kappa shape index (κ3) is 3.11. The highest BCUT2D eigenvalue weighted by atomic mass is 32.2. The number of nitrogen functional groups attached to an aromatic ring is 2. The predicted octanol–water partition coefficient (Wildman–Crippen LogP) is 3.16. The van der Waals surface area contributed by atoms with Gasteiger partial charge in [-0.3, -0.25) is 0 Å². The summed E-state index contributed by atoms with van der Waals surface area (Å²) in [4.78, 5) is 0.955. The van der Waals surface area contributed by atoms with Crippen LogP contribution in [0.4, 0.5) is 11.4 Å². The van der Waals surface area contributed by atoms with Crippen molar-refractivity contribution < 1.29 is 12.6 Å². The van der Waals surface area contributed by atoms with E-state index in [9.17, 15) is 12.6 Å². The molecular weight excluding hydrogens is 368 g/mol. The average Bonchev–Trinajstić information content (AvgIpc) is 2.65. The lowest BCUT2D eigenvalue weighted by Gasteiger charge is -2.16. The Labute approximate surface area is 155 Å². The van der Waals surface area contributed by atoms with Gasteiger partial charge < -0.3 is 11.5 Å². The Bertz CT molecular complexity index is 1080. The van der Waals surface area contributed by atoms with Gasteiger partial charge in [-0.15, -0.1) is 0 Å². The molecule has 0 aliphatic heterocycles. The third-order valence-corrected chi connectivity index (χ3v) is 7.46. The Balaban J connectivity index is 2.18. The minimum Gasteiger partial charge on any atom is -0.398 e. The van der Waals surface area contributed by atoms with Gasteiger partial charge in [-0.2, -0.15) is 0 Å². The largest absolute Gasteiger partial charge is 0.398 e. The number of anilines is 2. The van der Waals surface area contributed by atoms with E-state index < -0.39 is 20.6 Å². The molecule has 0 heterocycles. The van der Waals surface area contributed by atoms with E-state index in [1.807, 2.05) is 6.07 Å². The zero-order valence-electron chi connectivity index (χ0n) is 14.0.